The molecule has 0 unspecified atom stereocenters. The summed E-state index contributed by atoms with van der Waals surface area (Å²) >= 11 is 0. The third-order valence-corrected chi connectivity index (χ3v) is 4.62. The molecule has 142 valence electrons. The van der Waals surface area contributed by atoms with Crippen molar-refractivity contribution in [3.05, 3.63) is 35.9 Å². The van der Waals surface area contributed by atoms with Crippen LogP contribution in [-0.2, 0) is 16.0 Å². The van der Waals surface area contributed by atoms with E-state index in [9.17, 15) is 9.59 Å². The van der Waals surface area contributed by atoms with Gasteiger partial charge in [-0.25, -0.2) is 4.79 Å². The number of esters is 1. The Hall–Kier alpha value is -2.50. The van der Waals surface area contributed by atoms with Crippen LogP contribution in [-0.4, -0.2) is 50.7 Å². The first-order chi connectivity index (χ1) is 12.5. The molecule has 1 heterocycles. The number of ether oxygens (including phenoxy) is 3. The maximum absolute atomic E-state index is 12.4. The molecular formula is C20H27NO5. The lowest BCUT2D eigenvalue weighted by molar-refractivity contribution is -0.135. The summed E-state index contributed by atoms with van der Waals surface area (Å²) in [6.45, 7) is 7.08. The van der Waals surface area contributed by atoms with Crippen LogP contribution in [0.1, 0.15) is 35.7 Å². The molecule has 0 spiro atoms. The van der Waals surface area contributed by atoms with Crippen LogP contribution < -0.4 is 9.47 Å². The first-order valence-electron chi connectivity index (χ1n) is 8.80. The molecular weight excluding hydrogens is 334 g/mol. The van der Waals surface area contributed by atoms with Crippen LogP contribution >= 0.6 is 0 Å². The Bertz CT molecular complexity index is 662. The molecule has 6 nitrogen and oxygen atoms in total. The Balaban J connectivity index is 2.05. The number of amides is 1. The van der Waals surface area contributed by atoms with Gasteiger partial charge in [0.05, 0.1) is 19.8 Å². The molecule has 0 saturated carbocycles. The zero-order valence-corrected chi connectivity index (χ0v) is 15.7. The second kappa shape index (κ2) is 9.27. The van der Waals surface area contributed by atoms with Crippen LogP contribution in [0.25, 0.3) is 0 Å². The SMILES string of the molecule is C=CCc1cc(C(=O)OCC(=O)N2CCC(C)CC2)cc(OC)c1OC. The molecule has 1 saturated heterocycles. The van der Waals surface area contributed by atoms with E-state index in [1.165, 1.54) is 7.11 Å². The maximum atomic E-state index is 12.4. The molecule has 6 heteroatoms. The molecule has 2 rings (SSSR count). The summed E-state index contributed by atoms with van der Waals surface area (Å²) in [5.74, 6) is 0.918. The molecule has 26 heavy (non-hydrogen) atoms. The minimum atomic E-state index is -0.560. The van der Waals surface area contributed by atoms with Crippen LogP contribution in [0.5, 0.6) is 11.5 Å². The van der Waals surface area contributed by atoms with Gasteiger partial charge in [-0.15, -0.1) is 6.58 Å². The Morgan fingerprint density at radius 2 is 1.92 bits per heavy atom. The average Bonchev–Trinajstić information content (AvgIpc) is 2.65. The molecule has 0 bridgehead atoms. The second-order valence-corrected chi connectivity index (χ2v) is 6.50. The molecule has 0 aromatic heterocycles. The van der Waals surface area contributed by atoms with E-state index in [0.29, 0.717) is 29.4 Å². The van der Waals surface area contributed by atoms with Crippen molar-refractivity contribution >= 4 is 11.9 Å². The van der Waals surface area contributed by atoms with Gasteiger partial charge in [0.25, 0.3) is 5.91 Å². The minimum Gasteiger partial charge on any atom is -0.493 e. The van der Waals surface area contributed by atoms with E-state index in [-0.39, 0.29) is 12.5 Å². The number of hydrogen-bond donors (Lipinski definition) is 0. The van der Waals surface area contributed by atoms with Crippen molar-refractivity contribution in [1.82, 2.24) is 4.90 Å². The Morgan fingerprint density at radius 3 is 2.50 bits per heavy atom. The predicted molar refractivity (Wildman–Crippen MR) is 98.7 cm³/mol. The van der Waals surface area contributed by atoms with Crippen molar-refractivity contribution < 1.29 is 23.8 Å². The van der Waals surface area contributed by atoms with Gasteiger partial charge in [0.1, 0.15) is 0 Å². The number of methoxy groups -OCH3 is 2. The van der Waals surface area contributed by atoms with Gasteiger partial charge >= 0.3 is 5.97 Å². The summed E-state index contributed by atoms with van der Waals surface area (Å²) in [5.41, 5.74) is 1.09. The second-order valence-electron chi connectivity index (χ2n) is 6.50. The molecule has 1 aliphatic rings. The number of likely N-dealkylation sites (tertiary alicyclic amines) is 1. The standard InChI is InChI=1S/C20H27NO5/c1-5-6-15-11-16(12-17(24-3)19(15)25-4)20(23)26-13-18(22)21-9-7-14(2)8-10-21/h5,11-12,14H,1,6-10,13H2,2-4H3. The Labute approximate surface area is 154 Å². The number of allylic oxidation sites excluding steroid dienone is 1. The van der Waals surface area contributed by atoms with Gasteiger partial charge in [0.15, 0.2) is 18.1 Å². The fourth-order valence-electron chi connectivity index (χ4n) is 3.03. The van der Waals surface area contributed by atoms with Crippen molar-refractivity contribution in [3.63, 3.8) is 0 Å². The normalized spacial score (nSPS) is 14.7. The van der Waals surface area contributed by atoms with Crippen LogP contribution in [0.15, 0.2) is 24.8 Å². The maximum Gasteiger partial charge on any atom is 0.338 e. The number of benzene rings is 1. The van der Waals surface area contributed by atoms with Crippen LogP contribution in [0.4, 0.5) is 0 Å². The molecule has 1 aromatic carbocycles. The molecule has 1 aliphatic heterocycles. The highest BCUT2D eigenvalue weighted by molar-refractivity contribution is 5.92. The summed E-state index contributed by atoms with van der Waals surface area (Å²) in [4.78, 5) is 26.4. The molecule has 0 atom stereocenters. The van der Waals surface area contributed by atoms with E-state index in [1.54, 1.807) is 30.2 Å². The van der Waals surface area contributed by atoms with Crippen molar-refractivity contribution in [1.29, 1.82) is 0 Å². The van der Waals surface area contributed by atoms with Gasteiger partial charge in [-0.05, 0) is 37.3 Å². The lowest BCUT2D eigenvalue weighted by atomic mass is 9.99. The van der Waals surface area contributed by atoms with E-state index < -0.39 is 5.97 Å². The zero-order valence-electron chi connectivity index (χ0n) is 15.7. The van der Waals surface area contributed by atoms with Crippen LogP contribution in [0.3, 0.4) is 0 Å². The fraction of sp³-hybridized carbons (Fsp3) is 0.500. The van der Waals surface area contributed by atoms with Crippen molar-refractivity contribution in [2.45, 2.75) is 26.2 Å². The highest BCUT2D eigenvalue weighted by Crippen LogP contribution is 2.33. The van der Waals surface area contributed by atoms with Crippen molar-refractivity contribution in [2.75, 3.05) is 33.9 Å². The van der Waals surface area contributed by atoms with Crippen LogP contribution in [0.2, 0.25) is 0 Å². The highest BCUT2D eigenvalue weighted by atomic mass is 16.5. The third kappa shape index (κ3) is 4.77. The molecule has 0 radical (unpaired) electrons. The quantitative estimate of drug-likeness (QED) is 0.552. The lowest BCUT2D eigenvalue weighted by Crippen LogP contribution is -2.40. The lowest BCUT2D eigenvalue weighted by Gasteiger charge is -2.30. The number of piperidine rings is 1. The zero-order chi connectivity index (χ0) is 19.1. The number of carbonyl (C=O) groups is 2. The van der Waals surface area contributed by atoms with Gasteiger partial charge in [-0.2, -0.15) is 0 Å². The minimum absolute atomic E-state index is 0.156. The summed E-state index contributed by atoms with van der Waals surface area (Å²) in [6, 6.07) is 3.24. The van der Waals surface area contributed by atoms with Gasteiger partial charge in [0.2, 0.25) is 0 Å². The van der Waals surface area contributed by atoms with E-state index in [1.807, 2.05) is 0 Å². The number of carbonyl (C=O) groups excluding carboxylic acids is 2. The third-order valence-electron chi connectivity index (χ3n) is 4.62. The van der Waals surface area contributed by atoms with E-state index in [2.05, 4.69) is 13.5 Å². The fourth-order valence-corrected chi connectivity index (χ4v) is 3.03. The summed E-state index contributed by atoms with van der Waals surface area (Å²) in [5, 5.41) is 0. The van der Waals surface area contributed by atoms with Gasteiger partial charge in [0, 0.05) is 18.7 Å². The smallest absolute Gasteiger partial charge is 0.338 e. The van der Waals surface area contributed by atoms with E-state index in [4.69, 9.17) is 14.2 Å². The van der Waals surface area contributed by atoms with E-state index in [0.717, 1.165) is 31.5 Å². The first kappa shape index (κ1) is 19.8. The van der Waals surface area contributed by atoms with Gasteiger partial charge < -0.3 is 19.1 Å². The molecule has 0 aliphatic carbocycles. The summed E-state index contributed by atoms with van der Waals surface area (Å²) in [6.07, 6.45) is 4.21. The Kier molecular flexibility index (Phi) is 7.06. The van der Waals surface area contributed by atoms with Crippen molar-refractivity contribution in [2.24, 2.45) is 5.92 Å². The number of rotatable bonds is 7. The molecule has 0 N–H and O–H groups in total. The monoisotopic (exact) mass is 361 g/mol. The topological polar surface area (TPSA) is 65.1 Å². The molecule has 1 aromatic rings. The van der Waals surface area contributed by atoms with E-state index >= 15 is 0 Å². The van der Waals surface area contributed by atoms with Crippen molar-refractivity contribution in [3.8, 4) is 11.5 Å². The first-order valence-corrected chi connectivity index (χ1v) is 8.80. The largest absolute Gasteiger partial charge is 0.493 e. The molecule has 1 amide bonds. The number of nitrogens with zero attached hydrogens (tertiary/aromatic N) is 1. The number of hydrogen-bond acceptors (Lipinski definition) is 5. The van der Waals surface area contributed by atoms with Gasteiger partial charge in [-0.1, -0.05) is 13.0 Å². The predicted octanol–water partition coefficient (Wildman–Crippen LogP) is 2.85. The molecule has 1 fully saturated rings. The highest BCUT2D eigenvalue weighted by Gasteiger charge is 2.22. The summed E-state index contributed by atoms with van der Waals surface area (Å²) in [7, 11) is 3.05. The average molecular weight is 361 g/mol. The Morgan fingerprint density at radius 1 is 1.23 bits per heavy atom. The summed E-state index contributed by atoms with van der Waals surface area (Å²) < 4.78 is 15.9. The van der Waals surface area contributed by atoms with Gasteiger partial charge in [-0.3, -0.25) is 4.79 Å². The van der Waals surface area contributed by atoms with Crippen LogP contribution in [0, 0.1) is 5.92 Å².